The Morgan fingerprint density at radius 1 is 1.07 bits per heavy atom. The van der Waals surface area contributed by atoms with Crippen LogP contribution in [0.1, 0.15) is 24.8 Å². The van der Waals surface area contributed by atoms with Gasteiger partial charge >= 0.3 is 17.9 Å². The average Bonchev–Trinajstić information content (AvgIpc) is 2.61. The number of nitrogens with one attached hydrogen (secondary N) is 1. The zero-order valence-corrected chi connectivity index (χ0v) is 16.0. The van der Waals surface area contributed by atoms with Crippen LogP contribution in [0, 0.1) is 0 Å². The van der Waals surface area contributed by atoms with E-state index in [1.54, 1.807) is 0 Å². The fourth-order valence-electron chi connectivity index (χ4n) is 2.65. The van der Waals surface area contributed by atoms with Crippen LogP contribution in [-0.4, -0.2) is 69.0 Å². The monoisotopic (exact) mass is 409 g/mol. The summed E-state index contributed by atoms with van der Waals surface area (Å²) in [5.41, 5.74) is 1.78. The first-order valence-electron chi connectivity index (χ1n) is 8.61. The molecular weight excluding hydrogens is 386 g/mol. The molecule has 0 spiro atoms. The van der Waals surface area contributed by atoms with Gasteiger partial charge in [0.05, 0.1) is 23.9 Å². The van der Waals surface area contributed by atoms with Gasteiger partial charge in [-0.1, -0.05) is 18.6 Å². The molecule has 4 N–H and O–H groups in total. The highest BCUT2D eigenvalue weighted by Gasteiger charge is 2.28. The summed E-state index contributed by atoms with van der Waals surface area (Å²) in [5.74, 6) is -3.76. The number of unbranched alkanes of at least 4 members (excludes halogenated alkanes) is 1. The van der Waals surface area contributed by atoms with Gasteiger partial charge in [-0.25, -0.2) is 0 Å². The molecule has 0 radical (unpaired) electrons. The lowest BCUT2D eigenvalue weighted by atomic mass is 10.1. The van der Waals surface area contributed by atoms with Crippen molar-refractivity contribution in [1.29, 1.82) is 0 Å². The van der Waals surface area contributed by atoms with Crippen molar-refractivity contribution in [3.8, 4) is 0 Å². The van der Waals surface area contributed by atoms with E-state index >= 15 is 0 Å². The van der Waals surface area contributed by atoms with E-state index in [1.807, 2.05) is 24.3 Å². The van der Waals surface area contributed by atoms with E-state index in [9.17, 15) is 19.5 Å². The number of carbonyl (C=O) groups is 3. The van der Waals surface area contributed by atoms with Gasteiger partial charge in [-0.15, -0.1) is 0 Å². The van der Waals surface area contributed by atoms with E-state index < -0.39 is 37.0 Å². The molecule has 152 valence electrons. The number of nitrogens with zero attached hydrogens (tertiary/aromatic N) is 2. The quantitative estimate of drug-likeness (QED) is 0.205. The molecule has 0 aliphatic rings. The van der Waals surface area contributed by atoms with Crippen molar-refractivity contribution in [3.63, 3.8) is 0 Å². The van der Waals surface area contributed by atoms with Crippen molar-refractivity contribution in [3.05, 3.63) is 29.8 Å². The number of thiocarbonyl (C=S) groups is 1. The third kappa shape index (κ3) is 9.33. The van der Waals surface area contributed by atoms with Crippen LogP contribution in [-0.2, 0) is 20.9 Å². The van der Waals surface area contributed by atoms with Crippen LogP contribution < -0.4 is 5.32 Å². The second-order valence-electron chi connectivity index (χ2n) is 6.09. The van der Waals surface area contributed by atoms with Gasteiger partial charge in [0, 0.05) is 6.54 Å². The molecule has 1 atom stereocenters. The number of carboxylic acid groups (broad SMARTS) is 3. The first-order chi connectivity index (χ1) is 13.3. The van der Waals surface area contributed by atoms with Crippen molar-refractivity contribution >= 4 is 41.0 Å². The standard InChI is InChI=1S/C18H23N3O6S/c22-16(23)10-21(11-17(24)25)15(18(26)27)3-1-2-8-19-9-13-4-6-14(7-5-13)20-12-28/h4-7,15,19H,1-3,8-11H2,(H,22,23)(H,24,25)(H,26,27). The Balaban J connectivity index is 2.41. The molecule has 1 aromatic carbocycles. The van der Waals surface area contributed by atoms with Gasteiger partial charge in [-0.05, 0) is 49.3 Å². The Kier molecular flexibility index (Phi) is 10.6. The molecule has 0 amide bonds. The summed E-state index contributed by atoms with van der Waals surface area (Å²) >= 11 is 4.54. The Bertz CT molecular complexity index is 703. The molecule has 28 heavy (non-hydrogen) atoms. The minimum atomic E-state index is -1.27. The van der Waals surface area contributed by atoms with Gasteiger partial charge < -0.3 is 20.6 Å². The summed E-state index contributed by atoms with van der Waals surface area (Å²) in [7, 11) is 0. The van der Waals surface area contributed by atoms with Crippen molar-refractivity contribution < 1.29 is 29.7 Å². The molecule has 0 saturated heterocycles. The second-order valence-corrected chi connectivity index (χ2v) is 6.27. The van der Waals surface area contributed by atoms with Crippen LogP contribution in [0.3, 0.4) is 0 Å². The van der Waals surface area contributed by atoms with Gasteiger partial charge in [0.15, 0.2) is 0 Å². The van der Waals surface area contributed by atoms with Gasteiger partial charge in [0.1, 0.15) is 6.04 Å². The van der Waals surface area contributed by atoms with Crippen LogP contribution in [0.2, 0.25) is 0 Å². The van der Waals surface area contributed by atoms with Crippen molar-refractivity contribution in [1.82, 2.24) is 10.2 Å². The normalized spacial score (nSPS) is 11.6. The van der Waals surface area contributed by atoms with E-state index in [0.717, 1.165) is 16.2 Å². The number of isothiocyanates is 1. The van der Waals surface area contributed by atoms with E-state index in [1.165, 1.54) is 0 Å². The first kappa shape index (κ1) is 23.4. The summed E-state index contributed by atoms with van der Waals surface area (Å²) in [5, 5.41) is 32.6. The summed E-state index contributed by atoms with van der Waals surface area (Å²) in [6.45, 7) is 0.00765. The van der Waals surface area contributed by atoms with Crippen LogP contribution in [0.5, 0.6) is 0 Å². The largest absolute Gasteiger partial charge is 0.480 e. The highest BCUT2D eigenvalue weighted by atomic mass is 32.1. The molecule has 0 fully saturated rings. The summed E-state index contributed by atoms with van der Waals surface area (Å²) in [6.07, 6.45) is 1.36. The maximum Gasteiger partial charge on any atom is 0.320 e. The van der Waals surface area contributed by atoms with Gasteiger partial charge in [0.2, 0.25) is 0 Å². The number of carboxylic acids is 3. The molecule has 1 rings (SSSR count). The van der Waals surface area contributed by atoms with Crippen molar-refractivity contribution in [2.75, 3.05) is 19.6 Å². The topological polar surface area (TPSA) is 140 Å². The van der Waals surface area contributed by atoms with E-state index in [2.05, 4.69) is 27.7 Å². The molecular formula is C18H23N3O6S. The molecule has 0 bridgehead atoms. The van der Waals surface area contributed by atoms with Crippen LogP contribution in [0.25, 0.3) is 0 Å². The van der Waals surface area contributed by atoms with Crippen molar-refractivity contribution in [2.45, 2.75) is 31.8 Å². The summed E-state index contributed by atoms with van der Waals surface area (Å²) < 4.78 is 0. The Hall–Kier alpha value is -2.65. The SMILES string of the molecule is O=C(O)CN(CC(=O)O)C(CCCCNCc1ccc(N=C=S)cc1)C(=O)O. The Labute approximate surface area is 167 Å². The van der Waals surface area contributed by atoms with Gasteiger partial charge in [-0.3, -0.25) is 19.3 Å². The fourth-order valence-corrected chi connectivity index (χ4v) is 2.75. The van der Waals surface area contributed by atoms with Crippen LogP contribution >= 0.6 is 12.2 Å². The summed E-state index contributed by atoms with van der Waals surface area (Å²) in [4.78, 5) is 38.0. The highest BCUT2D eigenvalue weighted by Crippen LogP contribution is 2.12. The first-order valence-corrected chi connectivity index (χ1v) is 9.02. The second kappa shape index (κ2) is 12.7. The smallest absolute Gasteiger partial charge is 0.320 e. The summed E-state index contributed by atoms with van der Waals surface area (Å²) in [6, 6.07) is 6.32. The molecule has 0 aliphatic heterocycles. The maximum atomic E-state index is 11.4. The molecule has 0 aromatic heterocycles. The molecule has 1 unspecified atom stereocenters. The van der Waals surface area contributed by atoms with E-state index in [-0.39, 0.29) is 6.42 Å². The molecule has 10 heteroatoms. The average molecular weight is 409 g/mol. The predicted molar refractivity (Wildman–Crippen MR) is 105 cm³/mol. The number of hydrogen-bond acceptors (Lipinski definition) is 7. The highest BCUT2D eigenvalue weighted by molar-refractivity contribution is 7.78. The zero-order chi connectivity index (χ0) is 20.9. The molecule has 1 aromatic rings. The third-order valence-corrected chi connectivity index (χ3v) is 4.02. The van der Waals surface area contributed by atoms with E-state index in [0.29, 0.717) is 25.9 Å². The third-order valence-electron chi connectivity index (χ3n) is 3.92. The maximum absolute atomic E-state index is 11.4. The van der Waals surface area contributed by atoms with Gasteiger partial charge in [0.25, 0.3) is 0 Å². The lowest BCUT2D eigenvalue weighted by Crippen LogP contribution is -2.46. The Morgan fingerprint density at radius 3 is 2.18 bits per heavy atom. The predicted octanol–water partition coefficient (Wildman–Crippen LogP) is 1.61. The number of aliphatic carboxylic acids is 3. The number of benzene rings is 1. The fraction of sp³-hybridized carbons (Fsp3) is 0.444. The zero-order valence-electron chi connectivity index (χ0n) is 15.2. The minimum Gasteiger partial charge on any atom is -0.480 e. The Morgan fingerprint density at radius 2 is 1.68 bits per heavy atom. The number of hydrogen-bond donors (Lipinski definition) is 4. The molecule has 0 aliphatic carbocycles. The lowest BCUT2D eigenvalue weighted by Gasteiger charge is -2.25. The van der Waals surface area contributed by atoms with Crippen molar-refractivity contribution in [2.24, 2.45) is 4.99 Å². The lowest BCUT2D eigenvalue weighted by molar-refractivity contribution is -0.149. The van der Waals surface area contributed by atoms with Gasteiger partial charge in [-0.2, -0.15) is 4.99 Å². The molecule has 0 heterocycles. The van der Waals surface area contributed by atoms with E-state index in [4.69, 9.17) is 10.2 Å². The van der Waals surface area contributed by atoms with Crippen LogP contribution in [0.4, 0.5) is 5.69 Å². The minimum absolute atomic E-state index is 0.169. The number of aliphatic imine (C=N–C) groups is 1. The molecule has 9 nitrogen and oxygen atoms in total. The van der Waals surface area contributed by atoms with Crippen LogP contribution in [0.15, 0.2) is 29.3 Å². The molecule has 0 saturated carbocycles. The number of rotatable bonds is 14.